The number of hydrogen-bond donors (Lipinski definition) is 2. The van der Waals surface area contributed by atoms with Gasteiger partial charge in [-0.25, -0.2) is 18.7 Å². The number of benzene rings is 2. The number of ketones is 1. The molecule has 8 nitrogen and oxygen atoms in total. The summed E-state index contributed by atoms with van der Waals surface area (Å²) in [5, 5.41) is 8.54. The highest BCUT2D eigenvalue weighted by atomic mass is 19.2. The summed E-state index contributed by atoms with van der Waals surface area (Å²) in [7, 11) is 0. The molecule has 1 amide bonds. The molecule has 0 unspecified atom stereocenters. The number of carbonyl (C=O) groups excluding carboxylic acids is 2. The van der Waals surface area contributed by atoms with E-state index in [1.807, 2.05) is 24.3 Å². The van der Waals surface area contributed by atoms with Crippen molar-refractivity contribution in [1.29, 1.82) is 0 Å². The summed E-state index contributed by atoms with van der Waals surface area (Å²) >= 11 is 0. The molecule has 0 radical (unpaired) electrons. The molecular formula is C26H28F2N6O2. The van der Waals surface area contributed by atoms with E-state index in [9.17, 15) is 18.4 Å². The van der Waals surface area contributed by atoms with Gasteiger partial charge in [-0.2, -0.15) is 5.10 Å². The van der Waals surface area contributed by atoms with Crippen molar-refractivity contribution in [2.75, 3.05) is 5.73 Å². The smallest absolute Gasteiger partial charge is 0.224 e. The Labute approximate surface area is 207 Å². The maximum atomic E-state index is 13.7. The number of Topliss-reactive ketones (excluding diaryl/α,β-unsaturated/α-hetero) is 1. The topological polar surface area (TPSA) is 116 Å². The molecule has 3 N–H and O–H groups in total. The number of aromatic nitrogens is 4. The molecule has 188 valence electrons. The van der Waals surface area contributed by atoms with Crippen molar-refractivity contribution >= 4 is 28.3 Å². The van der Waals surface area contributed by atoms with Crippen LogP contribution in [0.4, 0.5) is 14.6 Å². The van der Waals surface area contributed by atoms with E-state index >= 15 is 0 Å². The first-order chi connectivity index (χ1) is 16.9. The number of hydrogen-bond acceptors (Lipinski definition) is 6. The maximum Gasteiger partial charge on any atom is 0.224 e. The first-order valence-corrected chi connectivity index (χ1v) is 11.1. The number of halogens is 2. The van der Waals surface area contributed by atoms with Crippen molar-refractivity contribution < 1.29 is 18.4 Å². The van der Waals surface area contributed by atoms with Gasteiger partial charge in [-0.3, -0.25) is 14.3 Å². The zero-order chi connectivity index (χ0) is 24.8. The molecule has 0 aliphatic carbocycles. The van der Waals surface area contributed by atoms with Crippen LogP contribution < -0.4 is 11.1 Å². The molecular weight excluding hydrogens is 466 g/mol. The fourth-order valence-corrected chi connectivity index (χ4v) is 3.87. The molecule has 36 heavy (non-hydrogen) atoms. The minimum atomic E-state index is -0.996. The third-order valence-corrected chi connectivity index (χ3v) is 5.72. The Morgan fingerprint density at radius 3 is 2.61 bits per heavy atom. The second-order valence-electron chi connectivity index (χ2n) is 8.27. The van der Waals surface area contributed by atoms with Gasteiger partial charge in [-0.05, 0) is 47.2 Å². The summed E-state index contributed by atoms with van der Waals surface area (Å²) in [6.07, 6.45) is 4.72. The van der Waals surface area contributed by atoms with Gasteiger partial charge in [0, 0.05) is 43.4 Å². The number of anilines is 1. The summed E-state index contributed by atoms with van der Waals surface area (Å²) in [4.78, 5) is 33.6. The van der Waals surface area contributed by atoms with Crippen molar-refractivity contribution in [2.45, 2.75) is 39.8 Å². The maximum absolute atomic E-state index is 13.7. The minimum Gasteiger partial charge on any atom is -0.383 e. The number of carbonyl (C=O) groups is 2. The van der Waals surface area contributed by atoms with Gasteiger partial charge in [0.2, 0.25) is 5.91 Å². The molecule has 4 rings (SSSR count). The average Bonchev–Trinajstić information content (AvgIpc) is 3.37. The number of nitrogen functional groups attached to an aromatic ring is 1. The highest BCUT2D eigenvalue weighted by Crippen LogP contribution is 2.21. The van der Waals surface area contributed by atoms with E-state index < -0.39 is 17.6 Å². The van der Waals surface area contributed by atoms with Crippen LogP contribution in [0.5, 0.6) is 0 Å². The van der Waals surface area contributed by atoms with Gasteiger partial charge < -0.3 is 11.1 Å². The molecule has 2 heterocycles. The molecule has 1 atom stereocenters. The molecule has 0 bridgehead atoms. The minimum absolute atomic E-state index is 0. The van der Waals surface area contributed by atoms with E-state index in [1.54, 1.807) is 6.20 Å². The zero-order valence-corrected chi connectivity index (χ0v) is 18.8. The predicted octanol–water partition coefficient (Wildman–Crippen LogP) is 3.85. The van der Waals surface area contributed by atoms with E-state index in [0.717, 1.165) is 28.5 Å². The lowest BCUT2D eigenvalue weighted by Crippen LogP contribution is -2.33. The first-order valence-electron chi connectivity index (χ1n) is 11.1. The molecule has 0 aliphatic heterocycles. The summed E-state index contributed by atoms with van der Waals surface area (Å²) in [6.45, 7) is 0.575. The summed E-state index contributed by atoms with van der Waals surface area (Å²) in [6, 6.07) is 10.9. The molecule has 0 saturated heterocycles. The molecule has 10 heteroatoms. The van der Waals surface area contributed by atoms with Gasteiger partial charge in [0.15, 0.2) is 11.6 Å². The third-order valence-electron chi connectivity index (χ3n) is 5.72. The largest absolute Gasteiger partial charge is 0.383 e. The average molecular weight is 495 g/mol. The number of rotatable bonds is 10. The second-order valence-corrected chi connectivity index (χ2v) is 8.27. The first kappa shape index (κ1) is 26.4. The fourth-order valence-electron chi connectivity index (χ4n) is 3.87. The highest BCUT2D eigenvalue weighted by Gasteiger charge is 2.23. The van der Waals surface area contributed by atoms with Crippen LogP contribution in [-0.2, 0) is 29.1 Å². The highest BCUT2D eigenvalue weighted by molar-refractivity contribution is 5.91. The van der Waals surface area contributed by atoms with Crippen LogP contribution in [0, 0.1) is 17.6 Å². The fraction of sp³-hybridized carbons (Fsp3) is 0.269. The van der Waals surface area contributed by atoms with Crippen molar-refractivity contribution in [3.8, 4) is 0 Å². The Morgan fingerprint density at radius 1 is 1.06 bits per heavy atom. The van der Waals surface area contributed by atoms with Crippen LogP contribution in [0.15, 0.2) is 61.3 Å². The number of aryl methyl sites for hydroxylation is 1. The Kier molecular flexibility index (Phi) is 8.77. The zero-order valence-electron chi connectivity index (χ0n) is 18.8. The molecule has 0 spiro atoms. The van der Waals surface area contributed by atoms with Gasteiger partial charge in [-0.15, -0.1) is 0 Å². The lowest BCUT2D eigenvalue weighted by molar-refractivity contribution is -0.129. The van der Waals surface area contributed by atoms with E-state index in [1.165, 1.54) is 23.4 Å². The van der Waals surface area contributed by atoms with E-state index in [4.69, 9.17) is 5.73 Å². The lowest BCUT2D eigenvalue weighted by atomic mass is 9.92. The Bertz CT molecular complexity index is 1340. The standard InChI is InChI=1S/C25H24F2N6O2.CH4/c26-22-4-2-16(11-23(22)27)9-19(12-20(34)6-8-33-15-29-14-32-33)25(35)31-13-17-1-3-21-18(10-17)5-7-30-24(21)28;/h1-5,7,10-11,14-15,19H,6,8-9,12-13H2,(H2,28,30)(H,31,35);1H4/t19-;/m1./s1. The SMILES string of the molecule is C.Nc1nccc2cc(CNC(=O)[C@@H](CC(=O)CCn3cncn3)Cc3ccc(F)c(F)c3)ccc12. The third kappa shape index (κ3) is 6.68. The van der Waals surface area contributed by atoms with Gasteiger partial charge in [0.1, 0.15) is 24.3 Å². The molecule has 2 aromatic carbocycles. The van der Waals surface area contributed by atoms with Crippen LogP contribution in [0.1, 0.15) is 31.4 Å². The van der Waals surface area contributed by atoms with Crippen LogP contribution in [0.2, 0.25) is 0 Å². The Hall–Kier alpha value is -4.21. The molecule has 0 fully saturated rings. The van der Waals surface area contributed by atoms with Crippen LogP contribution >= 0.6 is 0 Å². The van der Waals surface area contributed by atoms with Crippen LogP contribution in [-0.4, -0.2) is 31.4 Å². The predicted molar refractivity (Wildman–Crippen MR) is 133 cm³/mol. The quantitative estimate of drug-likeness (QED) is 0.346. The molecule has 0 aliphatic rings. The van der Waals surface area contributed by atoms with E-state index in [-0.39, 0.29) is 44.9 Å². The number of pyridine rings is 1. The number of nitrogens with two attached hydrogens (primary N) is 1. The van der Waals surface area contributed by atoms with Gasteiger partial charge in [-0.1, -0.05) is 25.6 Å². The van der Waals surface area contributed by atoms with E-state index in [2.05, 4.69) is 20.4 Å². The summed E-state index contributed by atoms with van der Waals surface area (Å²) in [5.41, 5.74) is 7.17. The van der Waals surface area contributed by atoms with Crippen LogP contribution in [0.3, 0.4) is 0 Å². The summed E-state index contributed by atoms with van der Waals surface area (Å²) in [5.74, 6) is -2.78. The summed E-state index contributed by atoms with van der Waals surface area (Å²) < 4.78 is 28.6. The van der Waals surface area contributed by atoms with E-state index in [0.29, 0.717) is 17.9 Å². The Morgan fingerprint density at radius 2 is 1.86 bits per heavy atom. The Balaban J connectivity index is 0.00000361. The monoisotopic (exact) mass is 494 g/mol. The van der Waals surface area contributed by atoms with Crippen molar-refractivity contribution in [3.05, 3.63) is 84.1 Å². The van der Waals surface area contributed by atoms with Crippen molar-refractivity contribution in [1.82, 2.24) is 25.1 Å². The molecule has 4 aromatic rings. The lowest BCUT2D eigenvalue weighted by Gasteiger charge is -2.17. The molecule has 0 saturated carbocycles. The number of nitrogens with one attached hydrogen (secondary N) is 1. The van der Waals surface area contributed by atoms with Gasteiger partial charge in [0.25, 0.3) is 0 Å². The number of nitrogens with zero attached hydrogens (tertiary/aromatic N) is 4. The number of amides is 1. The van der Waals surface area contributed by atoms with Gasteiger partial charge >= 0.3 is 0 Å². The normalized spacial score (nSPS) is 11.6. The van der Waals surface area contributed by atoms with Crippen molar-refractivity contribution in [3.63, 3.8) is 0 Å². The van der Waals surface area contributed by atoms with Crippen LogP contribution in [0.25, 0.3) is 10.8 Å². The number of fused-ring (bicyclic) bond motifs is 1. The molecule has 2 aromatic heterocycles. The second kappa shape index (κ2) is 12.0. The van der Waals surface area contributed by atoms with Crippen molar-refractivity contribution in [2.24, 2.45) is 5.92 Å². The van der Waals surface area contributed by atoms with Gasteiger partial charge in [0.05, 0.1) is 0 Å².